The van der Waals surface area contributed by atoms with Crippen molar-refractivity contribution in [2.45, 2.75) is 32.7 Å². The fraction of sp³-hybridized carbons (Fsp3) is 0.600. The van der Waals surface area contributed by atoms with Crippen LogP contribution in [0.25, 0.3) is 0 Å². The van der Waals surface area contributed by atoms with E-state index in [2.05, 4.69) is 24.4 Å². The SMILES string of the molecule is CCOc1ccc(C(C)NCCCCOC)cc1. The molecule has 0 radical (unpaired) electrons. The lowest BCUT2D eigenvalue weighted by atomic mass is 10.1. The van der Waals surface area contributed by atoms with E-state index < -0.39 is 0 Å². The van der Waals surface area contributed by atoms with Gasteiger partial charge in [0, 0.05) is 19.8 Å². The number of hydrogen-bond donors (Lipinski definition) is 1. The van der Waals surface area contributed by atoms with Crippen LogP contribution in [-0.2, 0) is 4.74 Å². The number of nitrogens with one attached hydrogen (secondary N) is 1. The van der Waals surface area contributed by atoms with E-state index in [9.17, 15) is 0 Å². The minimum Gasteiger partial charge on any atom is -0.494 e. The van der Waals surface area contributed by atoms with Gasteiger partial charge in [0.05, 0.1) is 6.61 Å². The molecule has 1 atom stereocenters. The smallest absolute Gasteiger partial charge is 0.119 e. The molecule has 0 aliphatic carbocycles. The van der Waals surface area contributed by atoms with Crippen molar-refractivity contribution in [3.05, 3.63) is 29.8 Å². The summed E-state index contributed by atoms with van der Waals surface area (Å²) in [5.41, 5.74) is 1.30. The highest BCUT2D eigenvalue weighted by molar-refractivity contribution is 5.28. The Hall–Kier alpha value is -1.06. The molecule has 0 saturated heterocycles. The van der Waals surface area contributed by atoms with Crippen LogP contribution in [-0.4, -0.2) is 26.9 Å². The number of hydrogen-bond acceptors (Lipinski definition) is 3. The number of methoxy groups -OCH3 is 1. The second-order valence-electron chi connectivity index (χ2n) is 4.38. The third-order valence-corrected chi connectivity index (χ3v) is 2.92. The van der Waals surface area contributed by atoms with Gasteiger partial charge in [-0.25, -0.2) is 0 Å². The van der Waals surface area contributed by atoms with E-state index in [4.69, 9.17) is 9.47 Å². The van der Waals surface area contributed by atoms with Gasteiger partial charge in [0.2, 0.25) is 0 Å². The molecule has 0 spiro atoms. The molecule has 1 aromatic carbocycles. The van der Waals surface area contributed by atoms with E-state index in [1.807, 2.05) is 19.1 Å². The average Bonchev–Trinajstić information content (AvgIpc) is 2.39. The fourth-order valence-corrected chi connectivity index (χ4v) is 1.83. The van der Waals surface area contributed by atoms with E-state index >= 15 is 0 Å². The summed E-state index contributed by atoms with van der Waals surface area (Å²) in [6, 6.07) is 8.68. The first-order chi connectivity index (χ1) is 8.77. The lowest BCUT2D eigenvalue weighted by molar-refractivity contribution is 0.192. The van der Waals surface area contributed by atoms with Crippen LogP contribution in [0.5, 0.6) is 5.75 Å². The first-order valence-electron chi connectivity index (χ1n) is 6.73. The topological polar surface area (TPSA) is 30.5 Å². The van der Waals surface area contributed by atoms with Gasteiger partial charge in [0.15, 0.2) is 0 Å². The normalized spacial score (nSPS) is 12.4. The molecule has 0 fully saturated rings. The summed E-state index contributed by atoms with van der Waals surface area (Å²) in [5, 5.41) is 3.51. The van der Waals surface area contributed by atoms with Gasteiger partial charge in [-0.15, -0.1) is 0 Å². The van der Waals surface area contributed by atoms with Gasteiger partial charge in [0.25, 0.3) is 0 Å². The molecule has 0 bridgehead atoms. The van der Waals surface area contributed by atoms with Crippen LogP contribution < -0.4 is 10.1 Å². The zero-order valence-electron chi connectivity index (χ0n) is 11.7. The van der Waals surface area contributed by atoms with E-state index in [1.165, 1.54) is 5.56 Å². The van der Waals surface area contributed by atoms with Crippen molar-refractivity contribution < 1.29 is 9.47 Å². The third-order valence-electron chi connectivity index (χ3n) is 2.92. The van der Waals surface area contributed by atoms with Crippen molar-refractivity contribution in [1.29, 1.82) is 0 Å². The summed E-state index contributed by atoms with van der Waals surface area (Å²) >= 11 is 0. The molecule has 0 aliphatic heterocycles. The molecular formula is C15H25NO2. The highest BCUT2D eigenvalue weighted by atomic mass is 16.5. The molecule has 0 saturated carbocycles. The number of unbranched alkanes of at least 4 members (excludes halogenated alkanes) is 1. The van der Waals surface area contributed by atoms with Crippen LogP contribution >= 0.6 is 0 Å². The fourth-order valence-electron chi connectivity index (χ4n) is 1.83. The standard InChI is InChI=1S/C15H25NO2/c1-4-18-15-9-7-14(8-10-15)13(2)16-11-5-6-12-17-3/h7-10,13,16H,4-6,11-12H2,1-3H3. The average molecular weight is 251 g/mol. The Labute approximate surface area is 110 Å². The van der Waals surface area contributed by atoms with Crippen molar-refractivity contribution in [2.75, 3.05) is 26.9 Å². The molecule has 1 N–H and O–H groups in total. The predicted octanol–water partition coefficient (Wildman–Crippen LogP) is 3.16. The second-order valence-corrected chi connectivity index (χ2v) is 4.38. The van der Waals surface area contributed by atoms with Gasteiger partial charge in [-0.3, -0.25) is 0 Å². The minimum absolute atomic E-state index is 0.378. The molecule has 0 aromatic heterocycles. The van der Waals surface area contributed by atoms with Crippen molar-refractivity contribution in [2.24, 2.45) is 0 Å². The maximum Gasteiger partial charge on any atom is 0.119 e. The highest BCUT2D eigenvalue weighted by Gasteiger charge is 2.04. The van der Waals surface area contributed by atoms with Crippen LogP contribution in [0.1, 0.15) is 38.3 Å². The van der Waals surface area contributed by atoms with Crippen LogP contribution in [0.3, 0.4) is 0 Å². The molecule has 1 rings (SSSR count). The summed E-state index contributed by atoms with van der Waals surface area (Å²) in [7, 11) is 1.75. The summed E-state index contributed by atoms with van der Waals surface area (Å²) in [5.74, 6) is 0.938. The quantitative estimate of drug-likeness (QED) is 0.684. The Bertz CT molecular complexity index is 311. The van der Waals surface area contributed by atoms with Crippen LogP contribution in [0.4, 0.5) is 0 Å². The maximum absolute atomic E-state index is 5.43. The summed E-state index contributed by atoms with van der Waals surface area (Å²) in [6.45, 7) is 6.77. The Kier molecular flexibility index (Phi) is 7.46. The zero-order chi connectivity index (χ0) is 13.2. The van der Waals surface area contributed by atoms with Gasteiger partial charge in [0.1, 0.15) is 5.75 Å². The van der Waals surface area contributed by atoms with Crippen LogP contribution in [0.15, 0.2) is 24.3 Å². The van der Waals surface area contributed by atoms with E-state index in [-0.39, 0.29) is 0 Å². The lowest BCUT2D eigenvalue weighted by Gasteiger charge is -2.14. The monoisotopic (exact) mass is 251 g/mol. The van der Waals surface area contributed by atoms with E-state index in [0.717, 1.165) is 31.7 Å². The van der Waals surface area contributed by atoms with Crippen LogP contribution in [0, 0.1) is 0 Å². The second kappa shape index (κ2) is 8.95. The van der Waals surface area contributed by atoms with E-state index in [1.54, 1.807) is 7.11 Å². The van der Waals surface area contributed by atoms with Crippen molar-refractivity contribution in [3.63, 3.8) is 0 Å². The van der Waals surface area contributed by atoms with Gasteiger partial charge in [-0.1, -0.05) is 12.1 Å². The molecule has 3 heteroatoms. The molecule has 0 amide bonds. The van der Waals surface area contributed by atoms with Gasteiger partial charge in [-0.2, -0.15) is 0 Å². The number of ether oxygens (including phenoxy) is 2. The molecular weight excluding hydrogens is 226 g/mol. The largest absolute Gasteiger partial charge is 0.494 e. The van der Waals surface area contributed by atoms with Gasteiger partial charge < -0.3 is 14.8 Å². The maximum atomic E-state index is 5.43. The molecule has 0 heterocycles. The highest BCUT2D eigenvalue weighted by Crippen LogP contribution is 2.17. The van der Waals surface area contributed by atoms with Gasteiger partial charge in [-0.05, 0) is 50.9 Å². The van der Waals surface area contributed by atoms with Gasteiger partial charge >= 0.3 is 0 Å². The molecule has 102 valence electrons. The zero-order valence-corrected chi connectivity index (χ0v) is 11.7. The number of benzene rings is 1. The summed E-state index contributed by atoms with van der Waals surface area (Å²) in [6.07, 6.45) is 2.26. The summed E-state index contributed by atoms with van der Waals surface area (Å²) in [4.78, 5) is 0. The van der Waals surface area contributed by atoms with Crippen molar-refractivity contribution in [3.8, 4) is 5.75 Å². The number of rotatable bonds is 9. The van der Waals surface area contributed by atoms with E-state index in [0.29, 0.717) is 12.6 Å². The lowest BCUT2D eigenvalue weighted by Crippen LogP contribution is -2.20. The molecule has 1 unspecified atom stereocenters. The van der Waals surface area contributed by atoms with Crippen molar-refractivity contribution in [1.82, 2.24) is 5.32 Å². The van der Waals surface area contributed by atoms with Crippen LogP contribution in [0.2, 0.25) is 0 Å². The first-order valence-corrected chi connectivity index (χ1v) is 6.73. The summed E-state index contributed by atoms with van der Waals surface area (Å²) < 4.78 is 10.5. The molecule has 3 nitrogen and oxygen atoms in total. The molecule has 0 aliphatic rings. The predicted molar refractivity (Wildman–Crippen MR) is 75.1 cm³/mol. The minimum atomic E-state index is 0.378. The Morgan fingerprint density at radius 3 is 2.50 bits per heavy atom. The Morgan fingerprint density at radius 2 is 1.89 bits per heavy atom. The Balaban J connectivity index is 2.30. The molecule has 1 aromatic rings. The third kappa shape index (κ3) is 5.52. The first kappa shape index (κ1) is 15.0. The molecule has 18 heavy (non-hydrogen) atoms. The van der Waals surface area contributed by atoms with Crippen molar-refractivity contribution >= 4 is 0 Å². The Morgan fingerprint density at radius 1 is 1.17 bits per heavy atom.